The summed E-state index contributed by atoms with van der Waals surface area (Å²) >= 11 is 5.50. The lowest BCUT2D eigenvalue weighted by Gasteiger charge is -1.79. The molecule has 0 aliphatic carbocycles. The van der Waals surface area contributed by atoms with Crippen molar-refractivity contribution in [3.63, 3.8) is 0 Å². The predicted octanol–water partition coefficient (Wildman–Crippen LogP) is 1.83. The summed E-state index contributed by atoms with van der Waals surface area (Å²) in [5.41, 5.74) is 0. The van der Waals surface area contributed by atoms with Crippen molar-refractivity contribution in [1.29, 1.82) is 0 Å². The fourth-order valence-electron chi connectivity index (χ4n) is 0.334. The molecule has 0 spiro atoms. The topological polar surface area (TPSA) is 50.2 Å². The van der Waals surface area contributed by atoms with Crippen LogP contribution in [-0.2, 0) is 4.79 Å². The SMILES string of the molecule is CC(=O)O.Clc1ccncc1. The molecule has 0 radical (unpaired) electrons. The smallest absolute Gasteiger partial charge is 0.300 e. The lowest BCUT2D eigenvalue weighted by Crippen LogP contribution is -1.78. The van der Waals surface area contributed by atoms with Crippen LogP contribution >= 0.6 is 11.6 Å². The number of halogens is 1. The fraction of sp³-hybridized carbons (Fsp3) is 0.143. The van der Waals surface area contributed by atoms with Crippen molar-refractivity contribution in [2.45, 2.75) is 6.92 Å². The molecular formula is C7H8ClNO2. The molecule has 0 amide bonds. The van der Waals surface area contributed by atoms with Crippen molar-refractivity contribution >= 4 is 17.6 Å². The molecule has 11 heavy (non-hydrogen) atoms. The number of rotatable bonds is 0. The van der Waals surface area contributed by atoms with Crippen LogP contribution < -0.4 is 0 Å². The molecule has 0 saturated carbocycles. The van der Waals surface area contributed by atoms with E-state index in [1.807, 2.05) is 0 Å². The van der Waals surface area contributed by atoms with Crippen LogP contribution in [0.3, 0.4) is 0 Å². The molecule has 0 fully saturated rings. The average Bonchev–Trinajstić information content (AvgIpc) is 1.87. The molecule has 0 bridgehead atoms. The van der Waals surface area contributed by atoms with Crippen molar-refractivity contribution in [3.8, 4) is 0 Å². The first-order valence-electron chi connectivity index (χ1n) is 2.88. The Bertz CT molecular complexity index is 209. The third kappa shape index (κ3) is 8.91. The number of nitrogens with zero attached hydrogens (tertiary/aromatic N) is 1. The Morgan fingerprint density at radius 3 is 2.09 bits per heavy atom. The van der Waals surface area contributed by atoms with Gasteiger partial charge in [-0.1, -0.05) is 11.6 Å². The van der Waals surface area contributed by atoms with E-state index in [-0.39, 0.29) is 0 Å². The van der Waals surface area contributed by atoms with Gasteiger partial charge in [0, 0.05) is 24.3 Å². The van der Waals surface area contributed by atoms with Crippen molar-refractivity contribution in [1.82, 2.24) is 4.98 Å². The Labute approximate surface area is 69.6 Å². The van der Waals surface area contributed by atoms with Crippen LogP contribution in [0.2, 0.25) is 5.02 Å². The van der Waals surface area contributed by atoms with Gasteiger partial charge in [-0.25, -0.2) is 0 Å². The van der Waals surface area contributed by atoms with Crippen LogP contribution in [0.15, 0.2) is 24.5 Å². The molecule has 0 aliphatic heterocycles. The average molecular weight is 174 g/mol. The highest BCUT2D eigenvalue weighted by atomic mass is 35.5. The van der Waals surface area contributed by atoms with Gasteiger partial charge in [-0.05, 0) is 12.1 Å². The molecule has 0 saturated heterocycles. The summed E-state index contributed by atoms with van der Waals surface area (Å²) < 4.78 is 0. The van der Waals surface area contributed by atoms with Crippen LogP contribution in [-0.4, -0.2) is 16.1 Å². The predicted molar refractivity (Wildman–Crippen MR) is 42.6 cm³/mol. The van der Waals surface area contributed by atoms with Crippen LogP contribution in [0.4, 0.5) is 0 Å². The van der Waals surface area contributed by atoms with Crippen molar-refractivity contribution < 1.29 is 9.90 Å². The minimum atomic E-state index is -0.833. The molecule has 4 heteroatoms. The zero-order valence-electron chi connectivity index (χ0n) is 5.99. The first-order chi connectivity index (χ1) is 5.13. The normalized spacial score (nSPS) is 7.82. The van der Waals surface area contributed by atoms with Gasteiger partial charge in [0.1, 0.15) is 0 Å². The Balaban J connectivity index is 0.000000218. The molecule has 1 N–H and O–H groups in total. The number of hydrogen-bond donors (Lipinski definition) is 1. The van der Waals surface area contributed by atoms with Gasteiger partial charge in [0.15, 0.2) is 0 Å². The van der Waals surface area contributed by atoms with E-state index in [0.29, 0.717) is 0 Å². The van der Waals surface area contributed by atoms with Crippen molar-refractivity contribution in [2.75, 3.05) is 0 Å². The van der Waals surface area contributed by atoms with Crippen LogP contribution in [0.1, 0.15) is 6.92 Å². The van der Waals surface area contributed by atoms with E-state index >= 15 is 0 Å². The van der Waals surface area contributed by atoms with Crippen molar-refractivity contribution in [3.05, 3.63) is 29.5 Å². The maximum absolute atomic E-state index is 9.00. The highest BCUT2D eigenvalue weighted by Gasteiger charge is 1.75. The number of carbonyl (C=O) groups is 1. The summed E-state index contributed by atoms with van der Waals surface area (Å²) in [6.45, 7) is 1.08. The Hall–Kier alpha value is -1.09. The molecule has 0 aromatic carbocycles. The van der Waals surface area contributed by atoms with Gasteiger partial charge in [-0.15, -0.1) is 0 Å². The number of carboxylic acid groups (broad SMARTS) is 1. The standard InChI is InChI=1S/C5H4ClN.C2H4O2/c6-5-1-3-7-4-2-5;1-2(3)4/h1-4H;1H3,(H,3,4). The molecule has 1 rings (SSSR count). The summed E-state index contributed by atoms with van der Waals surface area (Å²) in [4.78, 5) is 12.8. The van der Waals surface area contributed by atoms with E-state index in [1.54, 1.807) is 24.5 Å². The van der Waals surface area contributed by atoms with E-state index in [2.05, 4.69) is 4.98 Å². The van der Waals surface area contributed by atoms with Gasteiger partial charge in [0.05, 0.1) is 0 Å². The van der Waals surface area contributed by atoms with Gasteiger partial charge < -0.3 is 5.11 Å². The summed E-state index contributed by atoms with van der Waals surface area (Å²) in [6.07, 6.45) is 3.31. The number of pyridine rings is 1. The Morgan fingerprint density at radius 2 is 1.91 bits per heavy atom. The van der Waals surface area contributed by atoms with E-state index in [0.717, 1.165) is 11.9 Å². The second kappa shape index (κ2) is 5.68. The largest absolute Gasteiger partial charge is 0.481 e. The van der Waals surface area contributed by atoms with Gasteiger partial charge >= 0.3 is 0 Å². The molecular weight excluding hydrogens is 166 g/mol. The fourth-order valence-corrected chi connectivity index (χ4v) is 0.446. The summed E-state index contributed by atoms with van der Waals surface area (Å²) in [5.74, 6) is -0.833. The van der Waals surface area contributed by atoms with E-state index in [9.17, 15) is 0 Å². The van der Waals surface area contributed by atoms with E-state index < -0.39 is 5.97 Å². The Morgan fingerprint density at radius 1 is 1.55 bits per heavy atom. The quantitative estimate of drug-likeness (QED) is 0.651. The minimum absolute atomic E-state index is 0.731. The maximum Gasteiger partial charge on any atom is 0.300 e. The van der Waals surface area contributed by atoms with Gasteiger partial charge in [0.2, 0.25) is 0 Å². The zero-order chi connectivity index (χ0) is 8.69. The number of aliphatic carboxylic acids is 1. The summed E-state index contributed by atoms with van der Waals surface area (Å²) in [7, 11) is 0. The third-order valence-corrected chi connectivity index (χ3v) is 0.892. The molecule has 60 valence electrons. The molecule has 0 atom stereocenters. The molecule has 1 heterocycles. The van der Waals surface area contributed by atoms with Crippen LogP contribution in [0, 0.1) is 0 Å². The highest BCUT2D eigenvalue weighted by Crippen LogP contribution is 2.01. The molecule has 1 aromatic heterocycles. The van der Waals surface area contributed by atoms with Gasteiger partial charge in [-0.3, -0.25) is 9.78 Å². The van der Waals surface area contributed by atoms with Gasteiger partial charge in [-0.2, -0.15) is 0 Å². The lowest BCUT2D eigenvalue weighted by atomic mass is 10.5. The maximum atomic E-state index is 9.00. The van der Waals surface area contributed by atoms with E-state index in [1.165, 1.54) is 0 Å². The number of carboxylic acids is 1. The lowest BCUT2D eigenvalue weighted by molar-refractivity contribution is -0.134. The monoisotopic (exact) mass is 173 g/mol. The van der Waals surface area contributed by atoms with Crippen LogP contribution in [0.25, 0.3) is 0 Å². The molecule has 3 nitrogen and oxygen atoms in total. The summed E-state index contributed by atoms with van der Waals surface area (Å²) in [5, 5.41) is 8.15. The Kier molecular flexibility index (Phi) is 5.11. The molecule has 1 aromatic rings. The third-order valence-electron chi connectivity index (χ3n) is 0.640. The first-order valence-corrected chi connectivity index (χ1v) is 3.26. The summed E-state index contributed by atoms with van der Waals surface area (Å²) in [6, 6.07) is 3.48. The van der Waals surface area contributed by atoms with Gasteiger partial charge in [0.25, 0.3) is 5.97 Å². The number of hydrogen-bond acceptors (Lipinski definition) is 2. The molecule has 0 aliphatic rings. The minimum Gasteiger partial charge on any atom is -0.481 e. The zero-order valence-corrected chi connectivity index (χ0v) is 6.75. The highest BCUT2D eigenvalue weighted by molar-refractivity contribution is 6.30. The first kappa shape index (κ1) is 9.91. The molecule has 0 unspecified atom stereocenters. The van der Waals surface area contributed by atoms with Crippen molar-refractivity contribution in [2.24, 2.45) is 0 Å². The van der Waals surface area contributed by atoms with E-state index in [4.69, 9.17) is 21.5 Å². The second-order valence-electron chi connectivity index (χ2n) is 1.68. The number of aromatic nitrogens is 1. The van der Waals surface area contributed by atoms with Crippen LogP contribution in [0.5, 0.6) is 0 Å². The second-order valence-corrected chi connectivity index (χ2v) is 2.12.